The highest BCUT2D eigenvalue weighted by atomic mass is 16.5. The van der Waals surface area contributed by atoms with E-state index >= 15 is 0 Å². The fourth-order valence-corrected chi connectivity index (χ4v) is 4.03. The molecule has 2 fully saturated rings. The van der Waals surface area contributed by atoms with Crippen molar-refractivity contribution >= 4 is 5.91 Å². The van der Waals surface area contributed by atoms with Gasteiger partial charge in [-0.2, -0.15) is 0 Å². The molecule has 150 valence electrons. The summed E-state index contributed by atoms with van der Waals surface area (Å²) in [4.78, 5) is 23.0. The molecule has 0 aromatic carbocycles. The van der Waals surface area contributed by atoms with Gasteiger partial charge in [-0.3, -0.25) is 9.78 Å². The fourth-order valence-electron chi connectivity index (χ4n) is 4.03. The Balaban J connectivity index is 1.25. The first-order valence-electron chi connectivity index (χ1n) is 10.2. The number of rotatable bonds is 7. The Morgan fingerprint density at radius 2 is 2.00 bits per heavy atom. The van der Waals surface area contributed by atoms with E-state index < -0.39 is 0 Å². The number of amides is 1. The number of pyridine rings is 1. The standard InChI is InChI=1S/C21H28N4O3/c26-20(16-27-15-19-2-1-13-28-19)24-10-5-18(6-11-24)21-23-9-12-25(21)14-17-3-7-22-8-4-17/h3-4,7-9,12,18-19H,1-2,5-6,10-11,13-16H2/t19-/m0/s1. The van der Waals surface area contributed by atoms with Crippen LogP contribution in [0, 0.1) is 0 Å². The minimum atomic E-state index is 0.0802. The van der Waals surface area contributed by atoms with Crippen LogP contribution < -0.4 is 0 Å². The van der Waals surface area contributed by atoms with E-state index in [2.05, 4.69) is 14.5 Å². The van der Waals surface area contributed by atoms with Crippen LogP contribution in [0.1, 0.15) is 43.0 Å². The molecule has 7 nitrogen and oxygen atoms in total. The van der Waals surface area contributed by atoms with E-state index in [9.17, 15) is 4.79 Å². The third kappa shape index (κ3) is 4.77. The number of likely N-dealkylation sites (tertiary alicyclic amines) is 1. The Morgan fingerprint density at radius 1 is 1.18 bits per heavy atom. The summed E-state index contributed by atoms with van der Waals surface area (Å²) in [5, 5.41) is 0. The molecule has 4 heterocycles. The monoisotopic (exact) mass is 384 g/mol. The summed E-state index contributed by atoms with van der Waals surface area (Å²) in [6.45, 7) is 3.81. The van der Waals surface area contributed by atoms with Gasteiger partial charge in [-0.1, -0.05) is 0 Å². The quantitative estimate of drug-likeness (QED) is 0.732. The number of hydrogen-bond acceptors (Lipinski definition) is 5. The third-order valence-corrected chi connectivity index (χ3v) is 5.62. The summed E-state index contributed by atoms with van der Waals surface area (Å²) in [5.74, 6) is 1.57. The zero-order chi connectivity index (χ0) is 19.2. The van der Waals surface area contributed by atoms with Crippen LogP contribution in [0.5, 0.6) is 0 Å². The topological polar surface area (TPSA) is 69.5 Å². The van der Waals surface area contributed by atoms with Crippen molar-refractivity contribution in [3.63, 3.8) is 0 Å². The molecular formula is C21H28N4O3. The molecule has 1 amide bonds. The van der Waals surface area contributed by atoms with Crippen LogP contribution in [0.2, 0.25) is 0 Å². The Hall–Kier alpha value is -2.25. The summed E-state index contributed by atoms with van der Waals surface area (Å²) in [7, 11) is 0. The maximum Gasteiger partial charge on any atom is 0.248 e. The summed E-state index contributed by atoms with van der Waals surface area (Å²) in [6, 6.07) is 4.06. The molecule has 0 N–H and O–H groups in total. The van der Waals surface area contributed by atoms with E-state index in [4.69, 9.17) is 9.47 Å². The van der Waals surface area contributed by atoms with Crippen molar-refractivity contribution in [2.24, 2.45) is 0 Å². The lowest BCUT2D eigenvalue weighted by Crippen LogP contribution is -2.40. The number of carbonyl (C=O) groups excluding carboxylic acids is 1. The molecule has 2 aliphatic heterocycles. The number of carbonyl (C=O) groups is 1. The zero-order valence-corrected chi connectivity index (χ0v) is 16.2. The SMILES string of the molecule is O=C(COC[C@@H]1CCCO1)N1CCC(c2nccn2Cc2ccncc2)CC1. The van der Waals surface area contributed by atoms with Crippen LogP contribution in [0.3, 0.4) is 0 Å². The van der Waals surface area contributed by atoms with Gasteiger partial charge in [0.25, 0.3) is 0 Å². The second-order valence-corrected chi connectivity index (χ2v) is 7.57. The maximum atomic E-state index is 12.4. The fraction of sp³-hybridized carbons (Fsp3) is 0.571. The largest absolute Gasteiger partial charge is 0.376 e. The molecular weight excluding hydrogens is 356 g/mol. The second-order valence-electron chi connectivity index (χ2n) is 7.57. The van der Waals surface area contributed by atoms with Gasteiger partial charge >= 0.3 is 0 Å². The van der Waals surface area contributed by atoms with Crippen molar-refractivity contribution < 1.29 is 14.3 Å². The lowest BCUT2D eigenvalue weighted by atomic mass is 9.95. The van der Waals surface area contributed by atoms with Crippen LogP contribution in [0.4, 0.5) is 0 Å². The van der Waals surface area contributed by atoms with Gasteiger partial charge in [-0.05, 0) is 43.4 Å². The summed E-state index contributed by atoms with van der Waals surface area (Å²) in [5.41, 5.74) is 1.21. The summed E-state index contributed by atoms with van der Waals surface area (Å²) < 4.78 is 13.3. The normalized spacial score (nSPS) is 20.6. The summed E-state index contributed by atoms with van der Waals surface area (Å²) >= 11 is 0. The first-order chi connectivity index (χ1) is 13.8. The Kier molecular flexibility index (Phi) is 6.34. The van der Waals surface area contributed by atoms with Crippen molar-refractivity contribution in [1.29, 1.82) is 0 Å². The van der Waals surface area contributed by atoms with Crippen molar-refractivity contribution in [2.45, 2.75) is 44.2 Å². The molecule has 0 saturated carbocycles. The highest BCUT2D eigenvalue weighted by Crippen LogP contribution is 2.27. The number of piperidine rings is 1. The number of aromatic nitrogens is 3. The van der Waals surface area contributed by atoms with Gasteiger partial charge in [0.2, 0.25) is 5.91 Å². The molecule has 0 spiro atoms. The molecule has 4 rings (SSSR count). The number of imidazole rings is 1. The first-order valence-corrected chi connectivity index (χ1v) is 10.2. The molecule has 2 aromatic rings. The van der Waals surface area contributed by atoms with Crippen molar-refractivity contribution in [3.8, 4) is 0 Å². The van der Waals surface area contributed by atoms with Crippen molar-refractivity contribution in [1.82, 2.24) is 19.4 Å². The number of nitrogens with zero attached hydrogens (tertiary/aromatic N) is 4. The molecule has 0 unspecified atom stereocenters. The predicted molar refractivity (Wildman–Crippen MR) is 104 cm³/mol. The second kappa shape index (κ2) is 9.30. The molecule has 2 saturated heterocycles. The van der Waals surface area contributed by atoms with Gasteiger partial charge in [0, 0.05) is 56.9 Å². The van der Waals surface area contributed by atoms with Crippen LogP contribution in [-0.4, -0.2) is 64.4 Å². The Bertz CT molecular complexity index is 750. The van der Waals surface area contributed by atoms with Gasteiger partial charge < -0.3 is 18.9 Å². The van der Waals surface area contributed by atoms with E-state index in [0.717, 1.165) is 57.7 Å². The summed E-state index contributed by atoms with van der Waals surface area (Å²) in [6.07, 6.45) is 11.7. The van der Waals surface area contributed by atoms with Gasteiger partial charge in [0.15, 0.2) is 0 Å². The minimum Gasteiger partial charge on any atom is -0.376 e. The van der Waals surface area contributed by atoms with E-state index in [1.165, 1.54) is 5.56 Å². The van der Waals surface area contributed by atoms with E-state index in [1.54, 1.807) is 0 Å². The molecule has 2 aliphatic rings. The van der Waals surface area contributed by atoms with Crippen LogP contribution in [-0.2, 0) is 20.8 Å². The minimum absolute atomic E-state index is 0.0802. The first kappa shape index (κ1) is 19.1. The molecule has 1 atom stereocenters. The average Bonchev–Trinajstić information content (AvgIpc) is 3.41. The molecule has 2 aromatic heterocycles. The highest BCUT2D eigenvalue weighted by molar-refractivity contribution is 5.77. The van der Waals surface area contributed by atoms with Gasteiger partial charge in [-0.15, -0.1) is 0 Å². The molecule has 0 aliphatic carbocycles. The van der Waals surface area contributed by atoms with Gasteiger partial charge in [-0.25, -0.2) is 4.98 Å². The molecule has 0 radical (unpaired) electrons. The average molecular weight is 384 g/mol. The molecule has 0 bridgehead atoms. The zero-order valence-electron chi connectivity index (χ0n) is 16.2. The van der Waals surface area contributed by atoms with Crippen LogP contribution in [0.25, 0.3) is 0 Å². The van der Waals surface area contributed by atoms with E-state index in [1.807, 2.05) is 41.8 Å². The van der Waals surface area contributed by atoms with Crippen LogP contribution in [0.15, 0.2) is 36.9 Å². The van der Waals surface area contributed by atoms with Crippen LogP contribution >= 0.6 is 0 Å². The van der Waals surface area contributed by atoms with Gasteiger partial charge in [0.05, 0.1) is 12.7 Å². The lowest BCUT2D eigenvalue weighted by molar-refractivity contribution is -0.138. The molecule has 7 heteroatoms. The smallest absolute Gasteiger partial charge is 0.248 e. The van der Waals surface area contributed by atoms with Crippen molar-refractivity contribution in [3.05, 3.63) is 48.3 Å². The lowest BCUT2D eigenvalue weighted by Gasteiger charge is -2.32. The number of ether oxygens (including phenoxy) is 2. The van der Waals surface area contributed by atoms with Crippen molar-refractivity contribution in [2.75, 3.05) is 32.9 Å². The van der Waals surface area contributed by atoms with E-state index in [0.29, 0.717) is 12.5 Å². The van der Waals surface area contributed by atoms with Gasteiger partial charge in [0.1, 0.15) is 12.4 Å². The molecule has 28 heavy (non-hydrogen) atoms. The maximum absolute atomic E-state index is 12.4. The highest BCUT2D eigenvalue weighted by Gasteiger charge is 2.26. The predicted octanol–water partition coefficient (Wildman–Crippen LogP) is 2.23. The van der Waals surface area contributed by atoms with E-state index in [-0.39, 0.29) is 18.6 Å². The third-order valence-electron chi connectivity index (χ3n) is 5.62. The Morgan fingerprint density at radius 3 is 2.75 bits per heavy atom. The number of hydrogen-bond donors (Lipinski definition) is 0. The Labute approximate surface area is 165 Å².